The van der Waals surface area contributed by atoms with E-state index >= 15 is 0 Å². The van der Waals surface area contributed by atoms with E-state index in [0.29, 0.717) is 5.92 Å². The maximum absolute atomic E-state index is 9.40. The molecule has 0 aliphatic heterocycles. The van der Waals surface area contributed by atoms with Crippen LogP contribution in [0.15, 0.2) is 35.5 Å². The number of benzene rings is 1. The standard InChI is InChI=1S/C16H25NO2/c1-3-7-14(11-10-13(2)18)12-16(17-19)15-8-5-4-6-9-15/h4-6,8-9,13-14,18-19H,3,7,10-12H2,1-2H3. The number of hydrogen-bond donors (Lipinski definition) is 2. The smallest absolute Gasteiger partial charge is 0.0870 e. The lowest BCUT2D eigenvalue weighted by atomic mass is 9.89. The fraction of sp³-hybridized carbons (Fsp3) is 0.562. The van der Waals surface area contributed by atoms with Crippen molar-refractivity contribution in [3.05, 3.63) is 35.9 Å². The highest BCUT2D eigenvalue weighted by Crippen LogP contribution is 2.21. The molecule has 1 aromatic carbocycles. The first kappa shape index (κ1) is 15.7. The molecule has 0 saturated carbocycles. The Balaban J connectivity index is 2.65. The zero-order valence-electron chi connectivity index (χ0n) is 11.9. The third-order valence-corrected chi connectivity index (χ3v) is 3.40. The second-order valence-corrected chi connectivity index (χ2v) is 5.20. The van der Waals surface area contributed by atoms with Gasteiger partial charge in [-0.15, -0.1) is 0 Å². The summed E-state index contributed by atoms with van der Waals surface area (Å²) < 4.78 is 0. The Hall–Kier alpha value is -1.35. The quantitative estimate of drug-likeness (QED) is 0.425. The fourth-order valence-electron chi connectivity index (χ4n) is 2.35. The molecule has 106 valence electrons. The van der Waals surface area contributed by atoms with Crippen LogP contribution in [0.4, 0.5) is 0 Å². The number of oxime groups is 1. The summed E-state index contributed by atoms with van der Waals surface area (Å²) in [6, 6.07) is 9.78. The summed E-state index contributed by atoms with van der Waals surface area (Å²) in [7, 11) is 0. The van der Waals surface area contributed by atoms with Crippen LogP contribution in [0.2, 0.25) is 0 Å². The second-order valence-electron chi connectivity index (χ2n) is 5.20. The van der Waals surface area contributed by atoms with Crippen LogP contribution in [0.1, 0.15) is 51.5 Å². The summed E-state index contributed by atoms with van der Waals surface area (Å²) in [5, 5.41) is 22.1. The minimum Gasteiger partial charge on any atom is -0.411 e. The zero-order chi connectivity index (χ0) is 14.1. The normalized spacial score (nSPS) is 15.2. The lowest BCUT2D eigenvalue weighted by Crippen LogP contribution is -2.12. The van der Waals surface area contributed by atoms with Gasteiger partial charge in [0, 0.05) is 0 Å². The topological polar surface area (TPSA) is 52.8 Å². The van der Waals surface area contributed by atoms with Crippen LogP contribution in [-0.4, -0.2) is 22.1 Å². The van der Waals surface area contributed by atoms with Gasteiger partial charge in [0.25, 0.3) is 0 Å². The van der Waals surface area contributed by atoms with Crippen molar-refractivity contribution in [2.75, 3.05) is 0 Å². The monoisotopic (exact) mass is 263 g/mol. The van der Waals surface area contributed by atoms with E-state index in [2.05, 4.69) is 12.1 Å². The van der Waals surface area contributed by atoms with Crippen LogP contribution in [0, 0.1) is 5.92 Å². The minimum absolute atomic E-state index is 0.259. The average Bonchev–Trinajstić information content (AvgIpc) is 2.42. The molecule has 3 nitrogen and oxygen atoms in total. The van der Waals surface area contributed by atoms with E-state index in [1.165, 1.54) is 0 Å². The molecule has 0 saturated heterocycles. The Morgan fingerprint density at radius 2 is 1.84 bits per heavy atom. The van der Waals surface area contributed by atoms with Gasteiger partial charge in [-0.3, -0.25) is 0 Å². The van der Waals surface area contributed by atoms with Crippen molar-refractivity contribution < 1.29 is 10.3 Å². The number of rotatable bonds is 8. The van der Waals surface area contributed by atoms with Gasteiger partial charge >= 0.3 is 0 Å². The first-order valence-corrected chi connectivity index (χ1v) is 7.11. The van der Waals surface area contributed by atoms with Crippen LogP contribution in [0.5, 0.6) is 0 Å². The van der Waals surface area contributed by atoms with Gasteiger partial charge in [-0.1, -0.05) is 55.3 Å². The molecular formula is C16H25NO2. The Labute approximate surface area is 116 Å². The molecule has 0 spiro atoms. The SMILES string of the molecule is CCCC(CCC(C)O)CC(=NO)c1ccccc1. The van der Waals surface area contributed by atoms with Crippen molar-refractivity contribution in [3.8, 4) is 0 Å². The van der Waals surface area contributed by atoms with E-state index in [1.54, 1.807) is 0 Å². The van der Waals surface area contributed by atoms with E-state index in [1.807, 2.05) is 37.3 Å². The fourth-order valence-corrected chi connectivity index (χ4v) is 2.35. The molecule has 0 radical (unpaired) electrons. The summed E-state index contributed by atoms with van der Waals surface area (Å²) in [6.07, 6.45) is 4.48. The van der Waals surface area contributed by atoms with Crippen molar-refractivity contribution in [1.82, 2.24) is 0 Å². The third kappa shape index (κ3) is 5.88. The highest BCUT2D eigenvalue weighted by molar-refractivity contribution is 6.00. The summed E-state index contributed by atoms with van der Waals surface area (Å²) in [4.78, 5) is 0. The molecule has 0 fully saturated rings. The van der Waals surface area contributed by atoms with Crippen molar-refractivity contribution in [2.45, 2.75) is 52.1 Å². The summed E-state index contributed by atoms with van der Waals surface area (Å²) in [5.41, 5.74) is 1.72. The third-order valence-electron chi connectivity index (χ3n) is 3.40. The minimum atomic E-state index is -0.259. The van der Waals surface area contributed by atoms with E-state index in [0.717, 1.165) is 43.4 Å². The number of aliphatic hydroxyl groups is 1. The predicted octanol–water partition coefficient (Wildman–Crippen LogP) is 3.83. The first-order chi connectivity index (χ1) is 9.17. The maximum Gasteiger partial charge on any atom is 0.0870 e. The van der Waals surface area contributed by atoms with E-state index in [9.17, 15) is 10.3 Å². The van der Waals surface area contributed by atoms with E-state index in [4.69, 9.17) is 0 Å². The second kappa shape index (κ2) is 8.70. The molecule has 0 amide bonds. The molecule has 2 N–H and O–H groups in total. The first-order valence-electron chi connectivity index (χ1n) is 7.11. The van der Waals surface area contributed by atoms with Crippen molar-refractivity contribution in [1.29, 1.82) is 0 Å². The molecular weight excluding hydrogens is 238 g/mol. The Bertz CT molecular complexity index is 374. The Morgan fingerprint density at radius 1 is 1.16 bits per heavy atom. The van der Waals surface area contributed by atoms with Crippen molar-refractivity contribution in [3.63, 3.8) is 0 Å². The van der Waals surface area contributed by atoms with Gasteiger partial charge in [0.1, 0.15) is 0 Å². The molecule has 0 aromatic heterocycles. The van der Waals surface area contributed by atoms with Crippen molar-refractivity contribution in [2.24, 2.45) is 11.1 Å². The van der Waals surface area contributed by atoms with Gasteiger partial charge in [-0.05, 0) is 37.7 Å². The van der Waals surface area contributed by atoms with Gasteiger partial charge < -0.3 is 10.3 Å². The lowest BCUT2D eigenvalue weighted by Gasteiger charge is -2.17. The molecule has 1 rings (SSSR count). The lowest BCUT2D eigenvalue weighted by molar-refractivity contribution is 0.172. The van der Waals surface area contributed by atoms with Gasteiger partial charge in [0.2, 0.25) is 0 Å². The Kier molecular flexibility index (Phi) is 7.19. The number of nitrogens with zero attached hydrogens (tertiary/aromatic N) is 1. The van der Waals surface area contributed by atoms with Crippen LogP contribution in [0.3, 0.4) is 0 Å². The van der Waals surface area contributed by atoms with Crippen LogP contribution >= 0.6 is 0 Å². The summed E-state index contributed by atoms with van der Waals surface area (Å²) in [6.45, 7) is 3.98. The largest absolute Gasteiger partial charge is 0.411 e. The number of hydrogen-bond acceptors (Lipinski definition) is 3. The highest BCUT2D eigenvalue weighted by Gasteiger charge is 2.14. The van der Waals surface area contributed by atoms with Crippen LogP contribution in [0.25, 0.3) is 0 Å². The Morgan fingerprint density at radius 3 is 2.37 bits per heavy atom. The van der Waals surface area contributed by atoms with E-state index in [-0.39, 0.29) is 6.10 Å². The van der Waals surface area contributed by atoms with Crippen molar-refractivity contribution >= 4 is 5.71 Å². The summed E-state index contributed by atoms with van der Waals surface area (Å²) in [5.74, 6) is 0.464. The molecule has 0 aliphatic carbocycles. The van der Waals surface area contributed by atoms with Gasteiger partial charge in [-0.2, -0.15) is 0 Å². The molecule has 2 atom stereocenters. The van der Waals surface area contributed by atoms with Crippen LogP contribution in [-0.2, 0) is 0 Å². The van der Waals surface area contributed by atoms with Gasteiger partial charge in [0.05, 0.1) is 11.8 Å². The van der Waals surface area contributed by atoms with Crippen LogP contribution < -0.4 is 0 Å². The van der Waals surface area contributed by atoms with E-state index < -0.39 is 0 Å². The zero-order valence-corrected chi connectivity index (χ0v) is 11.9. The molecule has 3 heteroatoms. The molecule has 0 heterocycles. The summed E-state index contributed by atoms with van der Waals surface area (Å²) >= 11 is 0. The molecule has 1 aromatic rings. The maximum atomic E-state index is 9.40. The predicted molar refractivity (Wildman–Crippen MR) is 78.7 cm³/mol. The number of aliphatic hydroxyl groups excluding tert-OH is 1. The van der Waals surface area contributed by atoms with Gasteiger partial charge in [0.15, 0.2) is 0 Å². The molecule has 0 aliphatic rings. The molecule has 2 unspecified atom stereocenters. The molecule has 0 bridgehead atoms. The highest BCUT2D eigenvalue weighted by atomic mass is 16.4. The molecule has 19 heavy (non-hydrogen) atoms. The average molecular weight is 263 g/mol. The van der Waals surface area contributed by atoms with Gasteiger partial charge in [-0.25, -0.2) is 0 Å².